The van der Waals surface area contributed by atoms with Crippen LogP contribution in [0.1, 0.15) is 32.3 Å². The summed E-state index contributed by atoms with van der Waals surface area (Å²) in [4.78, 5) is 0. The highest BCUT2D eigenvalue weighted by Crippen LogP contribution is 2.18. The van der Waals surface area contributed by atoms with Crippen molar-refractivity contribution in [2.45, 2.75) is 26.7 Å². The molecule has 0 aliphatic rings. The molecule has 2 nitrogen and oxygen atoms in total. The average molecular weight is 221 g/mol. The highest BCUT2D eigenvalue weighted by molar-refractivity contribution is 5.35. The molecule has 0 spiro atoms. The van der Waals surface area contributed by atoms with Gasteiger partial charge in [0.2, 0.25) is 0 Å². The molecular weight excluding hydrogens is 205 g/mol. The van der Waals surface area contributed by atoms with E-state index in [1.165, 1.54) is 12.1 Å². The molecule has 0 unspecified atom stereocenters. The van der Waals surface area contributed by atoms with Crippen molar-refractivity contribution in [3.05, 3.63) is 29.6 Å². The lowest BCUT2D eigenvalue weighted by Gasteiger charge is -2.08. The smallest absolute Gasteiger partial charge is 0.166 e. The molecule has 0 bridgehead atoms. The first-order valence-electron chi connectivity index (χ1n) is 5.46. The number of hydrogen-bond donors (Lipinski definition) is 0. The molecular formula is C13H16FNO. The number of nitriles is 1. The lowest BCUT2D eigenvalue weighted by Crippen LogP contribution is -2.01. The summed E-state index contributed by atoms with van der Waals surface area (Å²) < 4.78 is 18.6. The fraction of sp³-hybridized carbons (Fsp3) is 0.462. The van der Waals surface area contributed by atoms with Crippen molar-refractivity contribution in [1.29, 1.82) is 5.26 Å². The Hall–Kier alpha value is -1.56. The molecule has 0 aliphatic carbocycles. The highest BCUT2D eigenvalue weighted by atomic mass is 19.1. The second-order valence-corrected chi connectivity index (χ2v) is 4.14. The van der Waals surface area contributed by atoms with Crippen molar-refractivity contribution < 1.29 is 9.13 Å². The van der Waals surface area contributed by atoms with Crippen LogP contribution in [-0.2, 0) is 0 Å². The van der Waals surface area contributed by atoms with Crippen LogP contribution in [0.25, 0.3) is 0 Å². The third-order valence-electron chi connectivity index (χ3n) is 2.24. The molecule has 86 valence electrons. The SMILES string of the molecule is CC(C)CCCOc1ccc(C#N)cc1F. The quantitative estimate of drug-likeness (QED) is 0.713. The van der Waals surface area contributed by atoms with E-state index in [-0.39, 0.29) is 5.75 Å². The van der Waals surface area contributed by atoms with Crippen molar-refractivity contribution in [3.63, 3.8) is 0 Å². The van der Waals surface area contributed by atoms with Crippen molar-refractivity contribution >= 4 is 0 Å². The number of rotatable bonds is 5. The number of halogens is 1. The van der Waals surface area contributed by atoms with Gasteiger partial charge in [-0.2, -0.15) is 5.26 Å². The Morgan fingerprint density at radius 3 is 2.75 bits per heavy atom. The Bertz CT molecular complexity index is 382. The van der Waals surface area contributed by atoms with Crippen LogP contribution in [0.2, 0.25) is 0 Å². The lowest BCUT2D eigenvalue weighted by atomic mass is 10.1. The fourth-order valence-corrected chi connectivity index (χ4v) is 1.36. The molecule has 0 aromatic heterocycles. The van der Waals surface area contributed by atoms with Crippen molar-refractivity contribution in [3.8, 4) is 11.8 Å². The van der Waals surface area contributed by atoms with Crippen LogP contribution in [0, 0.1) is 23.1 Å². The zero-order valence-corrected chi connectivity index (χ0v) is 9.66. The molecule has 0 N–H and O–H groups in total. The number of nitrogens with zero attached hydrogens (tertiary/aromatic N) is 1. The summed E-state index contributed by atoms with van der Waals surface area (Å²) in [6, 6.07) is 6.13. The first-order chi connectivity index (χ1) is 7.63. The molecule has 0 heterocycles. The van der Waals surface area contributed by atoms with E-state index in [0.717, 1.165) is 12.8 Å². The second-order valence-electron chi connectivity index (χ2n) is 4.14. The molecule has 0 fully saturated rings. The zero-order chi connectivity index (χ0) is 12.0. The molecule has 0 radical (unpaired) electrons. The van der Waals surface area contributed by atoms with Crippen LogP contribution in [0.5, 0.6) is 5.75 Å². The highest BCUT2D eigenvalue weighted by Gasteiger charge is 2.04. The Labute approximate surface area is 95.7 Å². The summed E-state index contributed by atoms with van der Waals surface area (Å²) in [5.41, 5.74) is 0.312. The van der Waals surface area contributed by atoms with Gasteiger partial charge >= 0.3 is 0 Å². The molecule has 0 amide bonds. The van der Waals surface area contributed by atoms with Gasteiger partial charge in [0.15, 0.2) is 11.6 Å². The van der Waals surface area contributed by atoms with Gasteiger partial charge in [-0.05, 0) is 37.0 Å². The van der Waals surface area contributed by atoms with E-state index in [2.05, 4.69) is 13.8 Å². The van der Waals surface area contributed by atoms with Gasteiger partial charge < -0.3 is 4.74 Å². The first kappa shape index (κ1) is 12.5. The predicted molar refractivity (Wildman–Crippen MR) is 60.7 cm³/mol. The van der Waals surface area contributed by atoms with E-state index < -0.39 is 5.82 Å². The second kappa shape index (κ2) is 6.12. The zero-order valence-electron chi connectivity index (χ0n) is 9.66. The molecule has 0 aliphatic heterocycles. The molecule has 0 saturated heterocycles. The van der Waals surface area contributed by atoms with Crippen LogP contribution in [0.3, 0.4) is 0 Å². The van der Waals surface area contributed by atoms with Gasteiger partial charge in [0, 0.05) is 0 Å². The monoisotopic (exact) mass is 221 g/mol. The van der Waals surface area contributed by atoms with E-state index in [1.807, 2.05) is 6.07 Å². The van der Waals surface area contributed by atoms with Crippen LogP contribution >= 0.6 is 0 Å². The van der Waals surface area contributed by atoms with Gasteiger partial charge in [-0.1, -0.05) is 13.8 Å². The summed E-state index contributed by atoms with van der Waals surface area (Å²) in [6.07, 6.45) is 1.98. The maximum Gasteiger partial charge on any atom is 0.166 e. The number of ether oxygens (including phenoxy) is 1. The molecule has 3 heteroatoms. The van der Waals surface area contributed by atoms with Gasteiger partial charge in [-0.3, -0.25) is 0 Å². The Morgan fingerprint density at radius 2 is 2.19 bits per heavy atom. The summed E-state index contributed by atoms with van der Waals surface area (Å²) in [7, 11) is 0. The topological polar surface area (TPSA) is 33.0 Å². The summed E-state index contributed by atoms with van der Waals surface area (Å²) in [6.45, 7) is 4.80. The van der Waals surface area contributed by atoms with E-state index in [0.29, 0.717) is 18.1 Å². The van der Waals surface area contributed by atoms with Gasteiger partial charge in [-0.15, -0.1) is 0 Å². The molecule has 0 atom stereocenters. The van der Waals surface area contributed by atoms with Crippen LogP contribution in [0.15, 0.2) is 18.2 Å². The molecule has 1 aromatic rings. The number of hydrogen-bond acceptors (Lipinski definition) is 2. The molecule has 16 heavy (non-hydrogen) atoms. The normalized spacial score (nSPS) is 10.2. The minimum Gasteiger partial charge on any atom is -0.491 e. The third-order valence-corrected chi connectivity index (χ3v) is 2.24. The van der Waals surface area contributed by atoms with Crippen molar-refractivity contribution in [2.75, 3.05) is 6.61 Å². The number of benzene rings is 1. The Balaban J connectivity index is 2.46. The third kappa shape index (κ3) is 3.90. The van der Waals surface area contributed by atoms with E-state index in [9.17, 15) is 4.39 Å². The minimum atomic E-state index is -0.469. The maximum atomic E-state index is 13.3. The first-order valence-corrected chi connectivity index (χ1v) is 5.46. The molecule has 1 rings (SSSR count). The van der Waals surface area contributed by atoms with E-state index in [4.69, 9.17) is 10.00 Å². The van der Waals surface area contributed by atoms with Crippen LogP contribution in [-0.4, -0.2) is 6.61 Å². The summed E-state index contributed by atoms with van der Waals surface area (Å²) >= 11 is 0. The average Bonchev–Trinajstić information content (AvgIpc) is 2.25. The largest absolute Gasteiger partial charge is 0.491 e. The minimum absolute atomic E-state index is 0.225. The lowest BCUT2D eigenvalue weighted by molar-refractivity contribution is 0.284. The van der Waals surface area contributed by atoms with Crippen molar-refractivity contribution in [1.82, 2.24) is 0 Å². The molecule has 0 saturated carbocycles. The van der Waals surface area contributed by atoms with Gasteiger partial charge in [0.25, 0.3) is 0 Å². The maximum absolute atomic E-state index is 13.3. The van der Waals surface area contributed by atoms with E-state index >= 15 is 0 Å². The molecule has 1 aromatic carbocycles. The van der Waals surface area contributed by atoms with Gasteiger partial charge in [0.05, 0.1) is 18.2 Å². The van der Waals surface area contributed by atoms with Gasteiger partial charge in [0.1, 0.15) is 0 Å². The Morgan fingerprint density at radius 1 is 1.44 bits per heavy atom. The van der Waals surface area contributed by atoms with Gasteiger partial charge in [-0.25, -0.2) is 4.39 Å². The fourth-order valence-electron chi connectivity index (χ4n) is 1.36. The van der Waals surface area contributed by atoms with Crippen molar-refractivity contribution in [2.24, 2.45) is 5.92 Å². The Kier molecular flexibility index (Phi) is 4.78. The predicted octanol–water partition coefficient (Wildman–Crippen LogP) is 3.51. The van der Waals surface area contributed by atoms with Crippen LogP contribution in [0.4, 0.5) is 4.39 Å². The summed E-state index contributed by atoms with van der Waals surface area (Å²) in [5, 5.41) is 8.57. The summed E-state index contributed by atoms with van der Waals surface area (Å²) in [5.74, 6) is 0.390. The standard InChI is InChI=1S/C13H16FNO/c1-10(2)4-3-7-16-13-6-5-11(9-15)8-12(13)14/h5-6,8,10H,3-4,7H2,1-2H3. The van der Waals surface area contributed by atoms with E-state index in [1.54, 1.807) is 6.07 Å². The van der Waals surface area contributed by atoms with Crippen LogP contribution < -0.4 is 4.74 Å².